The summed E-state index contributed by atoms with van der Waals surface area (Å²) in [6.45, 7) is 12.2. The van der Waals surface area contributed by atoms with Gasteiger partial charge in [-0.3, -0.25) is 5.43 Å². The topological polar surface area (TPSA) is 215 Å². The number of rotatable bonds is 34. The lowest BCUT2D eigenvalue weighted by Gasteiger charge is -2.18. The number of ether oxygens (including phenoxy) is 10. The van der Waals surface area contributed by atoms with Gasteiger partial charge in [0, 0.05) is 56.3 Å². The van der Waals surface area contributed by atoms with E-state index >= 15 is 0 Å². The molecule has 0 saturated carbocycles. The number of thiazole rings is 1. The molecule has 394 valence electrons. The third-order valence-electron chi connectivity index (χ3n) is 10.1. The number of methoxy groups -OCH3 is 1. The van der Waals surface area contributed by atoms with Crippen LogP contribution in [0.1, 0.15) is 42.4 Å². The molecule has 0 radical (unpaired) electrons. The summed E-state index contributed by atoms with van der Waals surface area (Å²) in [5.74, 6) is -1.54. The molecule has 5 rings (SSSR count). The summed E-state index contributed by atoms with van der Waals surface area (Å²) in [4.78, 5) is 64.9. The Kier molecular flexibility index (Phi) is 25.2. The van der Waals surface area contributed by atoms with E-state index in [0.29, 0.717) is 85.4 Å². The SMILES string of the molecule is C=CC(=O)OCCCCOCC(COc1ccc(/C=C/C(=O)Oc2ccc(OC(=O)/C=C/c3ccc(OCC(COCCCCOC(=O)C=C)OC(=O)C=C)cc3)cc2/C=N/Nc2nc3ccccc3s2)cc1)OC. The van der Waals surface area contributed by atoms with E-state index in [0.717, 1.165) is 28.4 Å². The third kappa shape index (κ3) is 22.2. The Morgan fingerprint density at radius 3 is 1.72 bits per heavy atom. The molecule has 1 heterocycles. The highest BCUT2D eigenvalue weighted by Gasteiger charge is 2.16. The second kappa shape index (κ2) is 32.8. The molecule has 0 aliphatic rings. The first-order valence-corrected chi connectivity index (χ1v) is 24.5. The number of benzene rings is 4. The van der Waals surface area contributed by atoms with Crippen LogP contribution in [0.25, 0.3) is 22.4 Å². The van der Waals surface area contributed by atoms with E-state index in [1.807, 2.05) is 24.3 Å². The van der Waals surface area contributed by atoms with Crippen LogP contribution in [0.15, 0.2) is 146 Å². The van der Waals surface area contributed by atoms with Crippen LogP contribution in [0.5, 0.6) is 23.0 Å². The van der Waals surface area contributed by atoms with Gasteiger partial charge < -0.3 is 47.4 Å². The lowest BCUT2D eigenvalue weighted by Crippen LogP contribution is -2.29. The Bertz CT molecular complexity index is 2720. The number of fused-ring (bicyclic) bond motifs is 1. The molecule has 0 aliphatic carbocycles. The summed E-state index contributed by atoms with van der Waals surface area (Å²) in [7, 11) is 1.58. The molecule has 5 aromatic rings. The Labute approximate surface area is 438 Å². The molecule has 75 heavy (non-hydrogen) atoms. The molecule has 4 aromatic carbocycles. The first kappa shape index (κ1) is 57.7. The van der Waals surface area contributed by atoms with Crippen LogP contribution in [0.4, 0.5) is 5.13 Å². The number of hydrogen-bond acceptors (Lipinski definition) is 19. The molecular weight excluding hydrogens is 987 g/mol. The fraction of sp³-hybridized carbons (Fsp3) is 0.268. The van der Waals surface area contributed by atoms with Gasteiger partial charge in [-0.25, -0.2) is 29.0 Å². The first-order valence-electron chi connectivity index (χ1n) is 23.7. The molecule has 0 fully saturated rings. The van der Waals surface area contributed by atoms with Crippen molar-refractivity contribution in [2.75, 3.05) is 65.4 Å². The average Bonchev–Trinajstić information content (AvgIpc) is 3.85. The molecule has 0 spiro atoms. The molecule has 19 heteroatoms. The maximum atomic E-state index is 13.1. The minimum atomic E-state index is -0.721. The van der Waals surface area contributed by atoms with Crippen molar-refractivity contribution in [2.24, 2.45) is 5.10 Å². The fourth-order valence-electron chi connectivity index (χ4n) is 6.23. The molecule has 2 atom stereocenters. The number of anilines is 1. The zero-order valence-corrected chi connectivity index (χ0v) is 42.3. The second-order valence-corrected chi connectivity index (χ2v) is 16.8. The van der Waals surface area contributed by atoms with E-state index in [2.05, 4.69) is 35.2 Å². The summed E-state index contributed by atoms with van der Waals surface area (Å²) >= 11 is 1.41. The number of hydrazone groups is 1. The number of unbranched alkanes of at least 4 members (excludes halogenated alkanes) is 2. The van der Waals surface area contributed by atoms with E-state index in [4.69, 9.17) is 47.4 Å². The van der Waals surface area contributed by atoms with Crippen LogP contribution in [0.3, 0.4) is 0 Å². The number of nitrogens with one attached hydrogen (secondary N) is 1. The van der Waals surface area contributed by atoms with E-state index in [1.54, 1.807) is 67.8 Å². The van der Waals surface area contributed by atoms with Crippen molar-refractivity contribution in [3.8, 4) is 23.0 Å². The summed E-state index contributed by atoms with van der Waals surface area (Å²) in [5.41, 5.74) is 5.41. The number of carbonyl (C=O) groups is 5. The Morgan fingerprint density at radius 2 is 1.15 bits per heavy atom. The van der Waals surface area contributed by atoms with Gasteiger partial charge in [0.15, 0.2) is 6.10 Å². The van der Waals surface area contributed by atoms with Gasteiger partial charge in [0.2, 0.25) is 5.13 Å². The van der Waals surface area contributed by atoms with Crippen molar-refractivity contribution in [1.82, 2.24) is 4.98 Å². The molecule has 1 aromatic heterocycles. The zero-order valence-electron chi connectivity index (χ0n) is 41.5. The molecule has 0 aliphatic heterocycles. The number of para-hydroxylation sites is 1. The fourth-order valence-corrected chi connectivity index (χ4v) is 7.04. The second-order valence-electron chi connectivity index (χ2n) is 15.8. The predicted molar refractivity (Wildman–Crippen MR) is 284 cm³/mol. The summed E-state index contributed by atoms with van der Waals surface area (Å²) in [6, 6.07) is 26.1. The Morgan fingerprint density at radius 1 is 0.613 bits per heavy atom. The number of nitrogens with zero attached hydrogens (tertiary/aromatic N) is 2. The predicted octanol–water partition coefficient (Wildman–Crippen LogP) is 8.90. The third-order valence-corrected chi connectivity index (χ3v) is 11.0. The molecule has 0 bridgehead atoms. The van der Waals surface area contributed by atoms with Gasteiger partial charge in [-0.1, -0.05) is 67.5 Å². The van der Waals surface area contributed by atoms with Crippen LogP contribution in [0.2, 0.25) is 0 Å². The van der Waals surface area contributed by atoms with Crippen LogP contribution in [-0.2, 0) is 52.4 Å². The van der Waals surface area contributed by atoms with Crippen LogP contribution >= 0.6 is 11.3 Å². The zero-order chi connectivity index (χ0) is 53.5. The largest absolute Gasteiger partial charge is 0.491 e. The van der Waals surface area contributed by atoms with E-state index < -0.39 is 36.0 Å². The molecule has 0 saturated heterocycles. The van der Waals surface area contributed by atoms with E-state index in [-0.39, 0.29) is 44.0 Å². The highest BCUT2D eigenvalue weighted by molar-refractivity contribution is 7.22. The quantitative estimate of drug-likeness (QED) is 0.00774. The van der Waals surface area contributed by atoms with Crippen LogP contribution in [-0.4, -0.2) is 113 Å². The maximum Gasteiger partial charge on any atom is 0.336 e. The van der Waals surface area contributed by atoms with Gasteiger partial charge in [-0.15, -0.1) is 0 Å². The van der Waals surface area contributed by atoms with Crippen molar-refractivity contribution in [3.05, 3.63) is 158 Å². The van der Waals surface area contributed by atoms with Gasteiger partial charge in [0.25, 0.3) is 0 Å². The molecule has 2 unspecified atom stereocenters. The summed E-state index contributed by atoms with van der Waals surface area (Å²) in [6.07, 6.45) is 12.0. The smallest absolute Gasteiger partial charge is 0.336 e. The highest BCUT2D eigenvalue weighted by Crippen LogP contribution is 2.27. The van der Waals surface area contributed by atoms with Crippen LogP contribution in [0, 0.1) is 0 Å². The maximum absolute atomic E-state index is 13.1. The van der Waals surface area contributed by atoms with Crippen molar-refractivity contribution in [2.45, 2.75) is 37.9 Å². The number of hydrogen-bond donors (Lipinski definition) is 1. The van der Waals surface area contributed by atoms with Gasteiger partial charge in [0.05, 0.1) is 42.9 Å². The Balaban J connectivity index is 1.13. The minimum absolute atomic E-state index is 0.00127. The monoisotopic (exact) mass is 1050 g/mol. The summed E-state index contributed by atoms with van der Waals surface area (Å²) in [5, 5.41) is 4.87. The molecular formula is C56H59N3O15S. The Hall–Kier alpha value is -8.23. The van der Waals surface area contributed by atoms with Gasteiger partial charge in [-0.05, 0) is 104 Å². The van der Waals surface area contributed by atoms with E-state index in [9.17, 15) is 24.0 Å². The van der Waals surface area contributed by atoms with Crippen molar-refractivity contribution in [3.63, 3.8) is 0 Å². The van der Waals surface area contributed by atoms with Crippen molar-refractivity contribution < 1.29 is 71.3 Å². The minimum Gasteiger partial charge on any atom is -0.491 e. The first-order chi connectivity index (χ1) is 36.5. The van der Waals surface area contributed by atoms with Crippen molar-refractivity contribution in [1.29, 1.82) is 0 Å². The molecule has 0 amide bonds. The van der Waals surface area contributed by atoms with Gasteiger partial charge in [-0.2, -0.15) is 5.10 Å². The highest BCUT2D eigenvalue weighted by atomic mass is 32.1. The number of esters is 5. The molecule has 18 nitrogen and oxygen atoms in total. The number of aromatic nitrogens is 1. The number of carbonyl (C=O) groups excluding carboxylic acids is 5. The summed E-state index contributed by atoms with van der Waals surface area (Å²) < 4.78 is 56.1. The van der Waals surface area contributed by atoms with Crippen LogP contribution < -0.4 is 24.4 Å². The average molecular weight is 1050 g/mol. The standard InChI is InChI=1S/C56H59N3O15S/c1-5-51(60)68-32-12-10-30-66-36-46(65-4)38-70-43-22-16-41(17-23-43)21-29-55(64)74-49-27-26-45(34-42(49)35-57-59-56-58-48-14-8-9-15-50(48)75-56)72-54(63)28-20-40-18-24-44(25-19-40)71-39-47(73-53(62)7-3)37-67-31-11-13-33-69-52(61)6-2/h5-9,14-29,34-35,46-47H,1-3,10-13,30-33,36-39H2,4H3,(H,58,59)/b28-20+,29-21+,57-35+. The normalized spacial score (nSPS) is 12.0. The van der Waals surface area contributed by atoms with E-state index in [1.165, 1.54) is 47.9 Å². The lowest BCUT2D eigenvalue weighted by atomic mass is 10.2. The van der Waals surface area contributed by atoms with Crippen molar-refractivity contribution >= 4 is 74.9 Å². The molecule has 1 N–H and O–H groups in total. The van der Waals surface area contributed by atoms with Gasteiger partial charge >= 0.3 is 29.8 Å². The lowest BCUT2D eigenvalue weighted by molar-refractivity contribution is -0.148. The van der Waals surface area contributed by atoms with Gasteiger partial charge in [0.1, 0.15) is 42.3 Å².